The summed E-state index contributed by atoms with van der Waals surface area (Å²) >= 11 is 6.07. The van der Waals surface area contributed by atoms with Gasteiger partial charge in [-0.2, -0.15) is 0 Å². The number of carbonyl (C=O) groups is 1. The van der Waals surface area contributed by atoms with Crippen LogP contribution >= 0.6 is 11.6 Å². The van der Waals surface area contributed by atoms with E-state index < -0.39 is 0 Å². The van der Waals surface area contributed by atoms with Gasteiger partial charge < -0.3 is 5.73 Å². The number of aliphatic imine (C=N–C) groups is 1. The van der Waals surface area contributed by atoms with Crippen LogP contribution < -0.4 is 5.73 Å². The van der Waals surface area contributed by atoms with Crippen molar-refractivity contribution in [2.45, 2.75) is 13.3 Å². The fourth-order valence-corrected chi connectivity index (χ4v) is 2.05. The van der Waals surface area contributed by atoms with Crippen LogP contribution in [0.3, 0.4) is 0 Å². The van der Waals surface area contributed by atoms with Crippen LogP contribution in [0.1, 0.15) is 18.9 Å². The molecular formula is C16H16ClN3O. The predicted octanol–water partition coefficient (Wildman–Crippen LogP) is 3.38. The van der Waals surface area contributed by atoms with Crippen LogP contribution in [0.25, 0.3) is 11.1 Å². The van der Waals surface area contributed by atoms with Gasteiger partial charge in [0.15, 0.2) is 5.78 Å². The summed E-state index contributed by atoms with van der Waals surface area (Å²) in [5, 5.41) is 0.437. The Morgan fingerprint density at radius 1 is 1.43 bits per heavy atom. The normalized spacial score (nSPS) is 11.0. The SMILES string of the molecule is CCC(=O)CN=Cc1ccc(-c2cccnc2Cl)cc1N. The molecule has 0 amide bonds. The lowest BCUT2D eigenvalue weighted by Gasteiger charge is -2.06. The van der Waals surface area contributed by atoms with Gasteiger partial charge in [0.25, 0.3) is 0 Å². The number of halogens is 1. The van der Waals surface area contributed by atoms with Crippen LogP contribution in [0.5, 0.6) is 0 Å². The van der Waals surface area contributed by atoms with E-state index in [2.05, 4.69) is 9.98 Å². The Labute approximate surface area is 128 Å². The summed E-state index contributed by atoms with van der Waals surface area (Å²) in [7, 11) is 0. The Hall–Kier alpha value is -2.20. The Bertz CT molecular complexity index is 683. The van der Waals surface area contributed by atoms with Crippen LogP contribution in [-0.4, -0.2) is 23.5 Å². The highest BCUT2D eigenvalue weighted by Gasteiger charge is 2.06. The number of nitrogens with zero attached hydrogens (tertiary/aromatic N) is 2. The highest BCUT2D eigenvalue weighted by atomic mass is 35.5. The number of pyridine rings is 1. The van der Waals surface area contributed by atoms with E-state index in [9.17, 15) is 4.79 Å². The Morgan fingerprint density at radius 2 is 2.24 bits per heavy atom. The molecule has 0 saturated heterocycles. The molecular weight excluding hydrogens is 286 g/mol. The lowest BCUT2D eigenvalue weighted by molar-refractivity contribution is -0.117. The molecule has 0 fully saturated rings. The van der Waals surface area contributed by atoms with Gasteiger partial charge in [0.05, 0.1) is 6.54 Å². The second kappa shape index (κ2) is 6.99. The fourth-order valence-electron chi connectivity index (χ4n) is 1.82. The standard InChI is InChI=1S/C16H16ClN3O/c1-2-13(21)10-19-9-12-6-5-11(8-15(12)18)14-4-3-7-20-16(14)17/h3-9H,2,10,18H2,1H3. The predicted molar refractivity (Wildman–Crippen MR) is 86.9 cm³/mol. The summed E-state index contributed by atoms with van der Waals surface area (Å²) in [5.41, 5.74) is 9.11. The summed E-state index contributed by atoms with van der Waals surface area (Å²) < 4.78 is 0. The maximum Gasteiger partial charge on any atom is 0.153 e. The van der Waals surface area contributed by atoms with Crippen molar-refractivity contribution in [3.05, 3.63) is 47.2 Å². The first-order valence-electron chi connectivity index (χ1n) is 6.63. The molecule has 108 valence electrons. The maximum atomic E-state index is 11.2. The lowest BCUT2D eigenvalue weighted by Crippen LogP contribution is -2.01. The summed E-state index contributed by atoms with van der Waals surface area (Å²) in [6, 6.07) is 9.29. The minimum atomic E-state index is 0.101. The lowest BCUT2D eigenvalue weighted by atomic mass is 10.0. The number of aromatic nitrogens is 1. The topological polar surface area (TPSA) is 68.3 Å². The number of rotatable bonds is 5. The molecule has 4 nitrogen and oxygen atoms in total. The van der Waals surface area contributed by atoms with Crippen LogP contribution in [0.2, 0.25) is 5.15 Å². The molecule has 21 heavy (non-hydrogen) atoms. The number of nitrogens with two attached hydrogens (primary N) is 1. The molecule has 0 bridgehead atoms. The molecule has 0 aliphatic carbocycles. The van der Waals surface area contributed by atoms with Crippen LogP contribution in [0.4, 0.5) is 5.69 Å². The molecule has 0 spiro atoms. The van der Waals surface area contributed by atoms with E-state index in [-0.39, 0.29) is 12.3 Å². The van der Waals surface area contributed by atoms with Gasteiger partial charge in [0.1, 0.15) is 5.15 Å². The average Bonchev–Trinajstić information content (AvgIpc) is 2.49. The molecule has 1 heterocycles. The zero-order valence-corrected chi connectivity index (χ0v) is 12.5. The molecule has 0 atom stereocenters. The first kappa shape index (κ1) is 15.2. The Morgan fingerprint density at radius 3 is 2.90 bits per heavy atom. The van der Waals surface area contributed by atoms with Crippen molar-refractivity contribution in [3.8, 4) is 11.1 Å². The van der Waals surface area contributed by atoms with E-state index in [1.165, 1.54) is 0 Å². The van der Waals surface area contributed by atoms with E-state index in [1.54, 1.807) is 12.4 Å². The highest BCUT2D eigenvalue weighted by molar-refractivity contribution is 6.32. The van der Waals surface area contributed by atoms with Crippen molar-refractivity contribution in [1.29, 1.82) is 0 Å². The monoisotopic (exact) mass is 301 g/mol. The summed E-state index contributed by atoms with van der Waals surface area (Å²) in [6.07, 6.45) is 3.75. The third kappa shape index (κ3) is 3.89. The van der Waals surface area contributed by atoms with Crippen molar-refractivity contribution in [2.75, 3.05) is 12.3 Å². The molecule has 2 rings (SSSR count). The zero-order valence-electron chi connectivity index (χ0n) is 11.7. The van der Waals surface area contributed by atoms with E-state index in [4.69, 9.17) is 17.3 Å². The van der Waals surface area contributed by atoms with Crippen molar-refractivity contribution >= 4 is 29.3 Å². The van der Waals surface area contributed by atoms with Crippen molar-refractivity contribution in [1.82, 2.24) is 4.98 Å². The molecule has 1 aromatic heterocycles. The van der Waals surface area contributed by atoms with E-state index >= 15 is 0 Å². The second-order valence-electron chi connectivity index (χ2n) is 4.55. The minimum Gasteiger partial charge on any atom is -0.398 e. The van der Waals surface area contributed by atoms with Gasteiger partial charge in [0.2, 0.25) is 0 Å². The molecule has 2 aromatic rings. The molecule has 0 aliphatic heterocycles. The second-order valence-corrected chi connectivity index (χ2v) is 4.91. The van der Waals surface area contributed by atoms with Crippen molar-refractivity contribution in [3.63, 3.8) is 0 Å². The van der Waals surface area contributed by atoms with E-state index in [1.807, 2.05) is 37.3 Å². The van der Waals surface area contributed by atoms with Gasteiger partial charge in [0, 0.05) is 35.6 Å². The summed E-state index contributed by atoms with van der Waals surface area (Å²) in [5.74, 6) is 0.101. The molecule has 1 aromatic carbocycles. The van der Waals surface area contributed by atoms with Gasteiger partial charge in [-0.25, -0.2) is 4.98 Å². The quantitative estimate of drug-likeness (QED) is 0.523. The summed E-state index contributed by atoms with van der Waals surface area (Å²) in [6.45, 7) is 2.00. The molecule has 0 unspecified atom stereocenters. The number of anilines is 1. The Balaban J connectivity index is 2.22. The van der Waals surface area contributed by atoms with Crippen LogP contribution in [0.15, 0.2) is 41.5 Å². The average molecular weight is 302 g/mol. The molecule has 0 radical (unpaired) electrons. The largest absolute Gasteiger partial charge is 0.398 e. The van der Waals surface area contributed by atoms with Gasteiger partial charge in [-0.15, -0.1) is 0 Å². The maximum absolute atomic E-state index is 11.2. The van der Waals surface area contributed by atoms with E-state index in [0.29, 0.717) is 17.3 Å². The molecule has 2 N–H and O–H groups in total. The Kier molecular flexibility index (Phi) is 5.06. The molecule has 5 heteroatoms. The number of nitrogen functional groups attached to an aromatic ring is 1. The van der Waals surface area contributed by atoms with Gasteiger partial charge >= 0.3 is 0 Å². The van der Waals surface area contributed by atoms with Crippen molar-refractivity contribution < 1.29 is 4.79 Å². The minimum absolute atomic E-state index is 0.101. The smallest absolute Gasteiger partial charge is 0.153 e. The number of carbonyl (C=O) groups excluding carboxylic acids is 1. The van der Waals surface area contributed by atoms with Crippen molar-refractivity contribution in [2.24, 2.45) is 4.99 Å². The number of benzene rings is 1. The van der Waals surface area contributed by atoms with Gasteiger partial charge in [-0.1, -0.05) is 30.7 Å². The number of hydrogen-bond acceptors (Lipinski definition) is 4. The van der Waals surface area contributed by atoms with Crippen LogP contribution in [0, 0.1) is 0 Å². The third-order valence-corrected chi connectivity index (χ3v) is 3.35. The first-order chi connectivity index (χ1) is 10.1. The van der Waals surface area contributed by atoms with Gasteiger partial charge in [-0.3, -0.25) is 9.79 Å². The van der Waals surface area contributed by atoms with E-state index in [0.717, 1.165) is 16.7 Å². The van der Waals surface area contributed by atoms with Gasteiger partial charge in [-0.05, 0) is 23.8 Å². The summed E-state index contributed by atoms with van der Waals surface area (Å²) in [4.78, 5) is 19.3. The fraction of sp³-hybridized carbons (Fsp3) is 0.188. The third-order valence-electron chi connectivity index (χ3n) is 3.05. The first-order valence-corrected chi connectivity index (χ1v) is 7.01. The highest BCUT2D eigenvalue weighted by Crippen LogP contribution is 2.28. The number of hydrogen-bond donors (Lipinski definition) is 1. The molecule has 0 aliphatic rings. The number of ketones is 1. The molecule has 0 saturated carbocycles. The van der Waals surface area contributed by atoms with Crippen LogP contribution in [-0.2, 0) is 4.79 Å². The zero-order chi connectivity index (χ0) is 15.2. The number of Topliss-reactive ketones (excluding diaryl/α,β-unsaturated/α-hetero) is 1.